The molecule has 2 N–H and O–H groups in total. The summed E-state index contributed by atoms with van der Waals surface area (Å²) in [5.74, 6) is 0.133. The molecular weight excluding hydrogens is 256 g/mol. The number of anilines is 1. The quantitative estimate of drug-likeness (QED) is 0.785. The zero-order valence-electron chi connectivity index (χ0n) is 12.4. The van der Waals surface area contributed by atoms with Crippen molar-refractivity contribution in [1.82, 2.24) is 5.32 Å². The van der Waals surface area contributed by atoms with Gasteiger partial charge in [0.2, 0.25) is 11.8 Å². The van der Waals surface area contributed by atoms with Crippen LogP contribution in [-0.4, -0.2) is 24.0 Å². The number of benzene rings is 1. The minimum atomic E-state index is -0.333. The van der Waals surface area contributed by atoms with E-state index in [2.05, 4.69) is 10.6 Å². The van der Waals surface area contributed by atoms with Crippen molar-refractivity contribution in [2.24, 2.45) is 0 Å². The molecule has 0 saturated heterocycles. The number of amides is 2. The zero-order valence-corrected chi connectivity index (χ0v) is 12.4. The van der Waals surface area contributed by atoms with E-state index in [4.69, 9.17) is 4.74 Å². The highest BCUT2D eigenvalue weighted by Gasteiger charge is 2.10. The minimum Gasteiger partial charge on any atom is -0.491 e. The average molecular weight is 278 g/mol. The molecule has 0 aromatic heterocycles. The molecule has 110 valence electrons. The summed E-state index contributed by atoms with van der Waals surface area (Å²) in [5.41, 5.74) is 0.642. The molecule has 0 aliphatic rings. The van der Waals surface area contributed by atoms with Crippen LogP contribution in [0.1, 0.15) is 34.1 Å². The Morgan fingerprint density at radius 3 is 2.15 bits per heavy atom. The third-order valence-corrected chi connectivity index (χ3v) is 2.28. The highest BCUT2D eigenvalue weighted by Crippen LogP contribution is 2.16. The fraction of sp³-hybridized carbons (Fsp3) is 0.467. The normalized spacial score (nSPS) is 10.5. The second-order valence-electron chi connectivity index (χ2n) is 5.14. The average Bonchev–Trinajstić information content (AvgIpc) is 2.29. The summed E-state index contributed by atoms with van der Waals surface area (Å²) in [6.07, 6.45) is -0.0715. The molecule has 0 aliphatic heterocycles. The van der Waals surface area contributed by atoms with E-state index in [1.165, 1.54) is 0 Å². The number of carbonyl (C=O) groups is 2. The standard InChI is InChI=1S/C15H22N2O3/c1-10(2)16-14(18)9-15(19)17-12-5-7-13(8-6-12)20-11(3)4/h5-8,10-11H,9H2,1-4H3,(H,16,18)(H,17,19). The van der Waals surface area contributed by atoms with Gasteiger partial charge in [-0.15, -0.1) is 0 Å². The first-order valence-electron chi connectivity index (χ1n) is 6.72. The van der Waals surface area contributed by atoms with E-state index in [0.29, 0.717) is 5.69 Å². The van der Waals surface area contributed by atoms with E-state index in [0.717, 1.165) is 5.75 Å². The van der Waals surface area contributed by atoms with E-state index in [-0.39, 0.29) is 30.4 Å². The summed E-state index contributed by atoms with van der Waals surface area (Å²) in [7, 11) is 0. The van der Waals surface area contributed by atoms with Gasteiger partial charge in [0, 0.05) is 11.7 Å². The molecule has 0 saturated carbocycles. The van der Waals surface area contributed by atoms with Crippen molar-refractivity contribution in [3.63, 3.8) is 0 Å². The van der Waals surface area contributed by atoms with Crippen LogP contribution in [0.2, 0.25) is 0 Å². The molecule has 0 fully saturated rings. The van der Waals surface area contributed by atoms with Crippen LogP contribution < -0.4 is 15.4 Å². The Kier molecular flexibility index (Phi) is 6.03. The van der Waals surface area contributed by atoms with E-state index >= 15 is 0 Å². The van der Waals surface area contributed by atoms with Gasteiger partial charge < -0.3 is 15.4 Å². The molecule has 1 aromatic rings. The van der Waals surface area contributed by atoms with E-state index in [9.17, 15) is 9.59 Å². The van der Waals surface area contributed by atoms with E-state index in [1.807, 2.05) is 27.7 Å². The van der Waals surface area contributed by atoms with Gasteiger partial charge in [0.25, 0.3) is 0 Å². The van der Waals surface area contributed by atoms with E-state index < -0.39 is 0 Å². The molecule has 0 radical (unpaired) electrons. The molecule has 1 rings (SSSR count). The highest BCUT2D eigenvalue weighted by molar-refractivity contribution is 6.03. The monoisotopic (exact) mass is 278 g/mol. The third kappa shape index (κ3) is 6.22. The van der Waals surface area contributed by atoms with Crippen molar-refractivity contribution >= 4 is 17.5 Å². The molecule has 20 heavy (non-hydrogen) atoms. The molecule has 0 bridgehead atoms. The van der Waals surface area contributed by atoms with Gasteiger partial charge in [-0.25, -0.2) is 0 Å². The van der Waals surface area contributed by atoms with Crippen LogP contribution in [0.4, 0.5) is 5.69 Å². The van der Waals surface area contributed by atoms with E-state index in [1.54, 1.807) is 24.3 Å². The highest BCUT2D eigenvalue weighted by atomic mass is 16.5. The third-order valence-electron chi connectivity index (χ3n) is 2.28. The maximum atomic E-state index is 11.7. The second kappa shape index (κ2) is 7.53. The summed E-state index contributed by atoms with van der Waals surface area (Å²) < 4.78 is 5.51. The maximum Gasteiger partial charge on any atom is 0.233 e. The molecule has 0 atom stereocenters. The maximum absolute atomic E-state index is 11.7. The van der Waals surface area contributed by atoms with Crippen LogP contribution in [-0.2, 0) is 9.59 Å². The van der Waals surface area contributed by atoms with Crippen molar-refractivity contribution in [2.75, 3.05) is 5.32 Å². The molecule has 5 nitrogen and oxygen atoms in total. The molecule has 0 unspecified atom stereocenters. The lowest BCUT2D eigenvalue weighted by atomic mass is 10.2. The van der Waals surface area contributed by atoms with Crippen LogP contribution in [0.5, 0.6) is 5.75 Å². The lowest BCUT2D eigenvalue weighted by Crippen LogP contribution is -2.33. The SMILES string of the molecule is CC(C)NC(=O)CC(=O)Nc1ccc(OC(C)C)cc1. The van der Waals surface area contributed by atoms with Crippen molar-refractivity contribution in [1.29, 1.82) is 0 Å². The van der Waals surface area contributed by atoms with Gasteiger partial charge >= 0.3 is 0 Å². The van der Waals surface area contributed by atoms with Gasteiger partial charge in [-0.2, -0.15) is 0 Å². The second-order valence-corrected chi connectivity index (χ2v) is 5.14. The molecule has 0 spiro atoms. The number of rotatable bonds is 6. The largest absolute Gasteiger partial charge is 0.491 e. The van der Waals surface area contributed by atoms with Crippen molar-refractivity contribution < 1.29 is 14.3 Å². The molecule has 5 heteroatoms. The Balaban J connectivity index is 2.48. The zero-order chi connectivity index (χ0) is 15.1. The fourth-order valence-corrected chi connectivity index (χ4v) is 1.61. The molecular formula is C15H22N2O3. The van der Waals surface area contributed by atoms with Gasteiger partial charge in [-0.05, 0) is 52.0 Å². The summed E-state index contributed by atoms with van der Waals surface area (Å²) in [6.45, 7) is 7.60. The Labute approximate surface area is 119 Å². The van der Waals surface area contributed by atoms with Crippen LogP contribution >= 0.6 is 0 Å². The lowest BCUT2D eigenvalue weighted by molar-refractivity contribution is -0.127. The molecule has 1 aromatic carbocycles. The number of hydrogen-bond donors (Lipinski definition) is 2. The van der Waals surface area contributed by atoms with Crippen LogP contribution in [0.25, 0.3) is 0 Å². The molecule has 0 heterocycles. The summed E-state index contributed by atoms with van der Waals surface area (Å²) in [5, 5.41) is 5.34. The van der Waals surface area contributed by atoms with Gasteiger partial charge in [-0.3, -0.25) is 9.59 Å². The van der Waals surface area contributed by atoms with Crippen LogP contribution in [0.3, 0.4) is 0 Å². The van der Waals surface area contributed by atoms with Crippen molar-refractivity contribution in [3.8, 4) is 5.75 Å². The first kappa shape index (κ1) is 16.0. The summed E-state index contributed by atoms with van der Waals surface area (Å²) >= 11 is 0. The smallest absolute Gasteiger partial charge is 0.233 e. The van der Waals surface area contributed by atoms with Gasteiger partial charge in [-0.1, -0.05) is 0 Å². The summed E-state index contributed by atoms with van der Waals surface area (Å²) in [4.78, 5) is 23.1. The number of hydrogen-bond acceptors (Lipinski definition) is 3. The Hall–Kier alpha value is -2.04. The first-order valence-corrected chi connectivity index (χ1v) is 6.72. The van der Waals surface area contributed by atoms with Gasteiger partial charge in [0.15, 0.2) is 0 Å². The number of carbonyl (C=O) groups excluding carboxylic acids is 2. The Bertz CT molecular complexity index is 453. The predicted octanol–water partition coefficient (Wildman–Crippen LogP) is 2.33. The minimum absolute atomic E-state index is 0.0303. The number of nitrogens with one attached hydrogen (secondary N) is 2. The van der Waals surface area contributed by atoms with Crippen molar-refractivity contribution in [2.45, 2.75) is 46.3 Å². The van der Waals surface area contributed by atoms with Crippen LogP contribution in [0.15, 0.2) is 24.3 Å². The Morgan fingerprint density at radius 2 is 1.65 bits per heavy atom. The first-order chi connectivity index (χ1) is 9.36. The number of ether oxygens (including phenoxy) is 1. The predicted molar refractivity (Wildman–Crippen MR) is 78.7 cm³/mol. The van der Waals surface area contributed by atoms with Crippen molar-refractivity contribution in [3.05, 3.63) is 24.3 Å². The van der Waals surface area contributed by atoms with Gasteiger partial charge in [0.1, 0.15) is 12.2 Å². The Morgan fingerprint density at radius 1 is 1.05 bits per heavy atom. The summed E-state index contributed by atoms with van der Waals surface area (Å²) in [6, 6.07) is 7.09. The lowest BCUT2D eigenvalue weighted by Gasteiger charge is -2.11. The fourth-order valence-electron chi connectivity index (χ4n) is 1.61. The van der Waals surface area contributed by atoms with Gasteiger partial charge in [0.05, 0.1) is 6.10 Å². The van der Waals surface area contributed by atoms with Crippen LogP contribution in [0, 0.1) is 0 Å². The molecule has 2 amide bonds. The topological polar surface area (TPSA) is 67.4 Å². The molecule has 0 aliphatic carbocycles.